The van der Waals surface area contributed by atoms with E-state index in [9.17, 15) is 9.59 Å². The molecule has 1 heterocycles. The molecule has 6 heteroatoms. The summed E-state index contributed by atoms with van der Waals surface area (Å²) in [6.07, 6.45) is 0. The van der Waals surface area contributed by atoms with Gasteiger partial charge < -0.3 is 10.1 Å². The second kappa shape index (κ2) is 8.08. The number of nitrogens with zero attached hydrogens (tertiary/aromatic N) is 2. The molecule has 3 aromatic rings. The fourth-order valence-electron chi connectivity index (χ4n) is 2.85. The number of nitrogens with one attached hydrogen (secondary N) is 1. The SMILES string of the molecule is CCOC(=O)c1ccc(NC(=O)c2cc(-c3ccc(C)c(C)c3)n(C)n2)cc1. The second-order valence-corrected chi connectivity index (χ2v) is 6.59. The molecule has 144 valence electrons. The number of aromatic nitrogens is 2. The Labute approximate surface area is 164 Å². The Balaban J connectivity index is 1.76. The molecule has 0 saturated carbocycles. The van der Waals surface area contributed by atoms with Crippen LogP contribution in [0.15, 0.2) is 48.5 Å². The molecule has 0 saturated heterocycles. The van der Waals surface area contributed by atoms with Crippen molar-refractivity contribution in [1.82, 2.24) is 9.78 Å². The van der Waals surface area contributed by atoms with Crippen LogP contribution in [0.25, 0.3) is 11.3 Å². The summed E-state index contributed by atoms with van der Waals surface area (Å²) in [7, 11) is 1.81. The van der Waals surface area contributed by atoms with Crippen molar-refractivity contribution in [2.75, 3.05) is 11.9 Å². The lowest BCUT2D eigenvalue weighted by Crippen LogP contribution is -2.13. The van der Waals surface area contributed by atoms with Crippen LogP contribution in [-0.4, -0.2) is 28.3 Å². The van der Waals surface area contributed by atoms with Gasteiger partial charge in [-0.15, -0.1) is 0 Å². The van der Waals surface area contributed by atoms with E-state index in [-0.39, 0.29) is 11.9 Å². The lowest BCUT2D eigenvalue weighted by Gasteiger charge is -2.05. The molecular weight excluding hydrogens is 354 g/mol. The Bertz CT molecular complexity index is 1020. The number of carbonyl (C=O) groups excluding carboxylic acids is 2. The zero-order chi connectivity index (χ0) is 20.3. The number of anilines is 1. The number of esters is 1. The van der Waals surface area contributed by atoms with Crippen LogP contribution in [0.1, 0.15) is 38.9 Å². The van der Waals surface area contributed by atoms with Crippen molar-refractivity contribution in [2.24, 2.45) is 7.05 Å². The van der Waals surface area contributed by atoms with E-state index < -0.39 is 0 Å². The largest absolute Gasteiger partial charge is 0.462 e. The molecule has 0 unspecified atom stereocenters. The van der Waals surface area contributed by atoms with Crippen LogP contribution >= 0.6 is 0 Å². The first-order valence-corrected chi connectivity index (χ1v) is 9.09. The maximum atomic E-state index is 12.6. The number of hydrogen-bond donors (Lipinski definition) is 1. The molecule has 1 aromatic heterocycles. The Kier molecular flexibility index (Phi) is 5.59. The number of carbonyl (C=O) groups is 2. The van der Waals surface area contributed by atoms with Crippen LogP contribution in [0, 0.1) is 13.8 Å². The molecule has 2 aromatic carbocycles. The van der Waals surface area contributed by atoms with E-state index in [1.54, 1.807) is 41.9 Å². The van der Waals surface area contributed by atoms with Gasteiger partial charge in [0.15, 0.2) is 5.69 Å². The molecule has 0 fully saturated rings. The smallest absolute Gasteiger partial charge is 0.338 e. The maximum absolute atomic E-state index is 12.6. The Hall–Kier alpha value is -3.41. The molecular formula is C22H23N3O3. The average molecular weight is 377 g/mol. The molecule has 28 heavy (non-hydrogen) atoms. The van der Waals surface area contributed by atoms with Crippen molar-refractivity contribution in [3.8, 4) is 11.3 Å². The third-order valence-electron chi connectivity index (χ3n) is 4.57. The maximum Gasteiger partial charge on any atom is 0.338 e. The highest BCUT2D eigenvalue weighted by Crippen LogP contribution is 2.23. The number of benzene rings is 2. The second-order valence-electron chi connectivity index (χ2n) is 6.59. The van der Waals surface area contributed by atoms with Crippen LogP contribution in [0.5, 0.6) is 0 Å². The molecule has 0 spiro atoms. The molecule has 1 N–H and O–H groups in total. The quantitative estimate of drug-likeness (QED) is 0.679. The predicted molar refractivity (Wildman–Crippen MR) is 108 cm³/mol. The fourth-order valence-corrected chi connectivity index (χ4v) is 2.85. The topological polar surface area (TPSA) is 73.2 Å². The van der Waals surface area contributed by atoms with Gasteiger partial charge in [-0.2, -0.15) is 5.10 Å². The minimum absolute atomic E-state index is 0.311. The van der Waals surface area contributed by atoms with Gasteiger partial charge in [0.25, 0.3) is 5.91 Å². The predicted octanol–water partition coefficient (Wildman–Crippen LogP) is 4.13. The third-order valence-corrected chi connectivity index (χ3v) is 4.57. The van der Waals surface area contributed by atoms with Gasteiger partial charge in [-0.3, -0.25) is 9.48 Å². The van der Waals surface area contributed by atoms with Crippen LogP contribution in [-0.2, 0) is 11.8 Å². The van der Waals surface area contributed by atoms with E-state index in [1.165, 1.54) is 11.1 Å². The van der Waals surface area contributed by atoms with E-state index in [0.29, 0.717) is 23.6 Å². The van der Waals surface area contributed by atoms with Gasteiger partial charge in [-0.1, -0.05) is 12.1 Å². The van der Waals surface area contributed by atoms with E-state index in [0.717, 1.165) is 11.3 Å². The third kappa shape index (κ3) is 4.11. The van der Waals surface area contributed by atoms with Crippen LogP contribution in [0.4, 0.5) is 5.69 Å². The van der Waals surface area contributed by atoms with E-state index in [4.69, 9.17) is 4.74 Å². The molecule has 0 aliphatic rings. The lowest BCUT2D eigenvalue weighted by molar-refractivity contribution is 0.0526. The summed E-state index contributed by atoms with van der Waals surface area (Å²) in [5.41, 5.74) is 5.62. The van der Waals surface area contributed by atoms with E-state index in [1.807, 2.05) is 13.1 Å². The highest BCUT2D eigenvalue weighted by atomic mass is 16.5. The van der Waals surface area contributed by atoms with Crippen LogP contribution in [0.3, 0.4) is 0 Å². The highest BCUT2D eigenvalue weighted by molar-refractivity contribution is 6.03. The summed E-state index contributed by atoms with van der Waals surface area (Å²) >= 11 is 0. The monoisotopic (exact) mass is 377 g/mol. The lowest BCUT2D eigenvalue weighted by atomic mass is 10.0. The van der Waals surface area contributed by atoms with Crippen molar-refractivity contribution < 1.29 is 14.3 Å². The first kappa shape index (κ1) is 19.4. The summed E-state index contributed by atoms with van der Waals surface area (Å²) < 4.78 is 6.65. The van der Waals surface area contributed by atoms with Gasteiger partial charge in [0, 0.05) is 18.3 Å². The molecule has 1 amide bonds. The first-order valence-electron chi connectivity index (χ1n) is 9.09. The standard InChI is InChI=1S/C22H23N3O3/c1-5-28-22(27)16-8-10-18(11-9-16)23-21(26)19-13-20(25(4)24-19)17-7-6-14(2)15(3)12-17/h6-13H,5H2,1-4H3,(H,23,26). The normalized spacial score (nSPS) is 10.6. The number of hydrogen-bond acceptors (Lipinski definition) is 4. The molecule has 3 rings (SSSR count). The van der Waals surface area contributed by atoms with E-state index in [2.05, 4.69) is 36.4 Å². The molecule has 0 atom stereocenters. The first-order chi connectivity index (χ1) is 13.4. The molecule has 0 radical (unpaired) electrons. The van der Waals surface area contributed by atoms with Crippen molar-refractivity contribution in [1.29, 1.82) is 0 Å². The Morgan fingerprint density at radius 3 is 2.39 bits per heavy atom. The summed E-state index contributed by atoms with van der Waals surface area (Å²) in [6, 6.07) is 14.5. The summed E-state index contributed by atoms with van der Waals surface area (Å²) in [5, 5.41) is 7.14. The average Bonchev–Trinajstić information content (AvgIpc) is 3.06. The van der Waals surface area contributed by atoms with Crippen LogP contribution < -0.4 is 5.32 Å². The summed E-state index contributed by atoms with van der Waals surface area (Å²) in [4.78, 5) is 24.3. The van der Waals surface area contributed by atoms with Crippen LogP contribution in [0.2, 0.25) is 0 Å². The fraction of sp³-hybridized carbons (Fsp3) is 0.227. The van der Waals surface area contributed by atoms with Crippen molar-refractivity contribution in [3.63, 3.8) is 0 Å². The van der Waals surface area contributed by atoms with Gasteiger partial charge in [0.1, 0.15) is 0 Å². The number of ether oxygens (including phenoxy) is 1. The van der Waals surface area contributed by atoms with Gasteiger partial charge >= 0.3 is 5.97 Å². The molecule has 0 aliphatic heterocycles. The number of rotatable bonds is 5. The van der Waals surface area contributed by atoms with Crippen molar-refractivity contribution >= 4 is 17.6 Å². The molecule has 0 bridgehead atoms. The number of aryl methyl sites for hydroxylation is 3. The summed E-state index contributed by atoms with van der Waals surface area (Å²) in [6.45, 7) is 6.20. The highest BCUT2D eigenvalue weighted by Gasteiger charge is 2.15. The zero-order valence-electron chi connectivity index (χ0n) is 16.4. The minimum Gasteiger partial charge on any atom is -0.462 e. The van der Waals surface area contributed by atoms with Gasteiger partial charge in [0.2, 0.25) is 0 Å². The Morgan fingerprint density at radius 2 is 1.75 bits per heavy atom. The van der Waals surface area contributed by atoms with E-state index >= 15 is 0 Å². The Morgan fingerprint density at radius 1 is 1.04 bits per heavy atom. The van der Waals surface area contributed by atoms with Crippen molar-refractivity contribution in [2.45, 2.75) is 20.8 Å². The molecule has 0 aliphatic carbocycles. The van der Waals surface area contributed by atoms with Crippen molar-refractivity contribution in [3.05, 3.63) is 70.9 Å². The van der Waals surface area contributed by atoms with Gasteiger partial charge in [0.05, 0.1) is 17.9 Å². The zero-order valence-corrected chi connectivity index (χ0v) is 16.4. The van der Waals surface area contributed by atoms with Gasteiger partial charge in [-0.05, 0) is 68.3 Å². The minimum atomic E-state index is -0.386. The molecule has 6 nitrogen and oxygen atoms in total. The van der Waals surface area contributed by atoms with Gasteiger partial charge in [-0.25, -0.2) is 4.79 Å². The number of amides is 1. The summed E-state index contributed by atoms with van der Waals surface area (Å²) in [5.74, 6) is -0.697.